The van der Waals surface area contributed by atoms with E-state index in [4.69, 9.17) is 10.8 Å². The number of carboxylic acids is 1. The predicted molar refractivity (Wildman–Crippen MR) is 66.1 cm³/mol. The van der Waals surface area contributed by atoms with Crippen LogP contribution in [-0.4, -0.2) is 17.4 Å². The molecule has 1 aromatic carbocycles. The van der Waals surface area contributed by atoms with Gasteiger partial charge in [0.15, 0.2) is 0 Å². The minimum absolute atomic E-state index is 0.168. The van der Waals surface area contributed by atoms with Gasteiger partial charge in [0.1, 0.15) is 5.75 Å². The molecule has 0 aromatic heterocycles. The van der Waals surface area contributed by atoms with Gasteiger partial charge in [-0.25, -0.2) is 0 Å². The summed E-state index contributed by atoms with van der Waals surface area (Å²) in [5.74, 6) is -1.32. The molecule has 20 heavy (non-hydrogen) atoms. The number of aliphatic carboxylic acids is 1. The Bertz CT molecular complexity index is 469. The van der Waals surface area contributed by atoms with Crippen molar-refractivity contribution in [1.82, 2.24) is 0 Å². The van der Waals surface area contributed by atoms with Crippen LogP contribution in [0.25, 0.3) is 0 Å². The Labute approximate surface area is 114 Å². The molecule has 0 fully saturated rings. The van der Waals surface area contributed by atoms with Gasteiger partial charge < -0.3 is 15.6 Å². The SMILES string of the molecule is CC(C)(CC(N)c1ccc(OC(F)(F)F)cc1)C(=O)O. The molecular weight excluding hydrogens is 275 g/mol. The molecule has 0 aliphatic rings. The summed E-state index contributed by atoms with van der Waals surface area (Å²) in [6.45, 7) is 3.08. The second-order valence-electron chi connectivity index (χ2n) is 5.12. The molecule has 0 amide bonds. The summed E-state index contributed by atoms with van der Waals surface area (Å²) in [4.78, 5) is 11.0. The van der Waals surface area contributed by atoms with Crippen molar-refractivity contribution in [3.05, 3.63) is 29.8 Å². The van der Waals surface area contributed by atoms with E-state index < -0.39 is 23.8 Å². The standard InChI is InChI=1S/C13H16F3NO3/c1-12(2,11(18)19)7-10(17)8-3-5-9(6-4-8)20-13(14,15)16/h3-6,10H,7,17H2,1-2H3,(H,18,19). The maximum atomic E-state index is 12.0. The Kier molecular flexibility index (Phi) is 4.65. The fourth-order valence-electron chi connectivity index (χ4n) is 1.67. The van der Waals surface area contributed by atoms with Crippen LogP contribution in [0, 0.1) is 5.41 Å². The van der Waals surface area contributed by atoms with Gasteiger partial charge in [0.2, 0.25) is 0 Å². The first-order valence-corrected chi connectivity index (χ1v) is 5.86. The molecule has 7 heteroatoms. The van der Waals surface area contributed by atoms with E-state index in [0.717, 1.165) is 12.1 Å². The zero-order valence-corrected chi connectivity index (χ0v) is 11.1. The third-order valence-corrected chi connectivity index (χ3v) is 2.85. The second kappa shape index (κ2) is 5.70. The molecule has 0 spiro atoms. The second-order valence-corrected chi connectivity index (χ2v) is 5.12. The quantitative estimate of drug-likeness (QED) is 0.874. The summed E-state index contributed by atoms with van der Waals surface area (Å²) in [7, 11) is 0. The molecule has 0 saturated carbocycles. The number of benzene rings is 1. The number of ether oxygens (including phenoxy) is 1. The minimum Gasteiger partial charge on any atom is -0.481 e. The third-order valence-electron chi connectivity index (χ3n) is 2.85. The summed E-state index contributed by atoms with van der Waals surface area (Å²) < 4.78 is 39.7. The molecule has 112 valence electrons. The number of nitrogens with two attached hydrogens (primary N) is 1. The van der Waals surface area contributed by atoms with Crippen LogP contribution in [0.5, 0.6) is 5.75 Å². The molecule has 1 unspecified atom stereocenters. The molecule has 0 aliphatic heterocycles. The fourth-order valence-corrected chi connectivity index (χ4v) is 1.67. The molecule has 0 bridgehead atoms. The van der Waals surface area contributed by atoms with E-state index >= 15 is 0 Å². The predicted octanol–water partition coefficient (Wildman–Crippen LogP) is 3.09. The first-order valence-electron chi connectivity index (χ1n) is 5.86. The Morgan fingerprint density at radius 1 is 1.30 bits per heavy atom. The highest BCUT2D eigenvalue weighted by atomic mass is 19.4. The van der Waals surface area contributed by atoms with Crippen molar-refractivity contribution in [2.24, 2.45) is 11.1 Å². The minimum atomic E-state index is -4.74. The summed E-state index contributed by atoms with van der Waals surface area (Å²) in [5, 5.41) is 9.01. The van der Waals surface area contributed by atoms with Crippen LogP contribution in [0.2, 0.25) is 0 Å². The largest absolute Gasteiger partial charge is 0.573 e. The molecule has 0 saturated heterocycles. The number of carbonyl (C=O) groups is 1. The van der Waals surface area contributed by atoms with Crippen LogP contribution in [0.3, 0.4) is 0 Å². The van der Waals surface area contributed by atoms with Gasteiger partial charge in [0, 0.05) is 6.04 Å². The summed E-state index contributed by atoms with van der Waals surface area (Å²) in [6, 6.07) is 4.50. The number of alkyl halides is 3. The molecule has 0 heterocycles. The van der Waals surface area contributed by atoms with Crippen molar-refractivity contribution in [2.75, 3.05) is 0 Å². The van der Waals surface area contributed by atoms with Crippen molar-refractivity contribution < 1.29 is 27.8 Å². The van der Waals surface area contributed by atoms with E-state index in [1.165, 1.54) is 26.0 Å². The van der Waals surface area contributed by atoms with Crippen LogP contribution < -0.4 is 10.5 Å². The van der Waals surface area contributed by atoms with Crippen molar-refractivity contribution >= 4 is 5.97 Å². The summed E-state index contributed by atoms with van der Waals surface area (Å²) in [6.07, 6.45) is -4.57. The molecule has 1 rings (SSSR count). The molecular formula is C13H16F3NO3. The number of hydrogen-bond donors (Lipinski definition) is 2. The van der Waals surface area contributed by atoms with Gasteiger partial charge in [-0.2, -0.15) is 0 Å². The lowest BCUT2D eigenvalue weighted by atomic mass is 9.84. The Hall–Kier alpha value is -1.76. The molecule has 4 nitrogen and oxygen atoms in total. The molecule has 0 radical (unpaired) electrons. The molecule has 3 N–H and O–H groups in total. The number of rotatable bonds is 5. The lowest BCUT2D eigenvalue weighted by Crippen LogP contribution is -2.28. The molecule has 1 aromatic rings. The van der Waals surface area contributed by atoms with Gasteiger partial charge >= 0.3 is 12.3 Å². The van der Waals surface area contributed by atoms with E-state index in [2.05, 4.69) is 4.74 Å². The number of hydrogen-bond acceptors (Lipinski definition) is 3. The van der Waals surface area contributed by atoms with Crippen LogP contribution in [-0.2, 0) is 4.79 Å². The topological polar surface area (TPSA) is 72.5 Å². The highest BCUT2D eigenvalue weighted by molar-refractivity contribution is 5.73. The number of carboxylic acid groups (broad SMARTS) is 1. The van der Waals surface area contributed by atoms with Crippen molar-refractivity contribution in [3.63, 3.8) is 0 Å². The maximum Gasteiger partial charge on any atom is 0.573 e. The van der Waals surface area contributed by atoms with E-state index in [1.807, 2.05) is 0 Å². The summed E-state index contributed by atoms with van der Waals surface area (Å²) in [5.41, 5.74) is 5.41. The Balaban J connectivity index is 2.76. The van der Waals surface area contributed by atoms with Crippen molar-refractivity contribution in [2.45, 2.75) is 32.7 Å². The lowest BCUT2D eigenvalue weighted by molar-refractivity contribution is -0.274. The average molecular weight is 291 g/mol. The van der Waals surface area contributed by atoms with Gasteiger partial charge in [-0.3, -0.25) is 4.79 Å². The third kappa shape index (κ3) is 4.73. The van der Waals surface area contributed by atoms with Gasteiger partial charge in [-0.15, -0.1) is 13.2 Å². The van der Waals surface area contributed by atoms with Crippen molar-refractivity contribution in [1.29, 1.82) is 0 Å². The van der Waals surface area contributed by atoms with Crippen molar-refractivity contribution in [3.8, 4) is 5.75 Å². The van der Waals surface area contributed by atoms with Crippen LogP contribution in [0.1, 0.15) is 31.9 Å². The monoisotopic (exact) mass is 291 g/mol. The van der Waals surface area contributed by atoms with E-state index in [1.54, 1.807) is 0 Å². The van der Waals surface area contributed by atoms with Crippen LogP contribution in [0.4, 0.5) is 13.2 Å². The Morgan fingerprint density at radius 2 is 1.80 bits per heavy atom. The van der Waals surface area contributed by atoms with Gasteiger partial charge in [0.05, 0.1) is 5.41 Å². The van der Waals surface area contributed by atoms with E-state index in [-0.39, 0.29) is 12.2 Å². The summed E-state index contributed by atoms with van der Waals surface area (Å²) >= 11 is 0. The van der Waals surface area contributed by atoms with E-state index in [9.17, 15) is 18.0 Å². The highest BCUT2D eigenvalue weighted by Gasteiger charge is 2.32. The molecule has 1 atom stereocenters. The maximum absolute atomic E-state index is 12.0. The average Bonchev–Trinajstić information content (AvgIpc) is 2.26. The molecule has 0 aliphatic carbocycles. The Morgan fingerprint density at radius 3 is 2.20 bits per heavy atom. The van der Waals surface area contributed by atoms with Crippen LogP contribution in [0.15, 0.2) is 24.3 Å². The van der Waals surface area contributed by atoms with E-state index in [0.29, 0.717) is 5.56 Å². The zero-order valence-electron chi connectivity index (χ0n) is 11.1. The van der Waals surface area contributed by atoms with Gasteiger partial charge in [0.25, 0.3) is 0 Å². The fraction of sp³-hybridized carbons (Fsp3) is 0.462. The smallest absolute Gasteiger partial charge is 0.481 e. The normalized spacial score (nSPS) is 13.9. The highest BCUT2D eigenvalue weighted by Crippen LogP contribution is 2.30. The first-order chi connectivity index (χ1) is 9.01. The van der Waals surface area contributed by atoms with Gasteiger partial charge in [-0.05, 0) is 38.0 Å². The number of halogens is 3. The van der Waals surface area contributed by atoms with Crippen LogP contribution >= 0.6 is 0 Å². The van der Waals surface area contributed by atoms with Gasteiger partial charge in [-0.1, -0.05) is 12.1 Å². The lowest BCUT2D eigenvalue weighted by Gasteiger charge is -2.23. The zero-order chi connectivity index (χ0) is 15.6. The first kappa shape index (κ1) is 16.3.